The summed E-state index contributed by atoms with van der Waals surface area (Å²) in [6.07, 6.45) is 7.15. The number of amides is 1. The fraction of sp³-hybridized carbons (Fsp3) is 0.400. The van der Waals surface area contributed by atoms with E-state index in [9.17, 15) is 18.0 Å². The lowest BCUT2D eigenvalue weighted by atomic mass is 10.0. The Morgan fingerprint density at radius 2 is 1.82 bits per heavy atom. The number of aromatic nitrogens is 2. The highest BCUT2D eigenvalue weighted by molar-refractivity contribution is 7.89. The maximum atomic E-state index is 13.9. The second-order valence-electron chi connectivity index (χ2n) is 8.49. The van der Waals surface area contributed by atoms with Crippen LogP contribution in [0, 0.1) is 0 Å². The zero-order chi connectivity index (χ0) is 24.3. The van der Waals surface area contributed by atoms with Crippen molar-refractivity contribution in [2.75, 3.05) is 19.6 Å². The zero-order valence-corrected chi connectivity index (χ0v) is 20.3. The van der Waals surface area contributed by atoms with E-state index in [1.807, 2.05) is 17.0 Å². The number of carbonyl (C=O) groups is 1. The van der Waals surface area contributed by atoms with Crippen molar-refractivity contribution in [3.05, 3.63) is 70.3 Å². The van der Waals surface area contributed by atoms with E-state index in [4.69, 9.17) is 0 Å². The number of H-pyrrole nitrogens is 1. The van der Waals surface area contributed by atoms with Gasteiger partial charge in [-0.25, -0.2) is 8.42 Å². The number of likely N-dealkylation sites (tertiary alicyclic amines) is 1. The molecule has 180 valence electrons. The average Bonchev–Trinajstić information content (AvgIpc) is 3.10. The van der Waals surface area contributed by atoms with Crippen LogP contribution in [0.3, 0.4) is 0 Å². The van der Waals surface area contributed by atoms with Gasteiger partial charge < -0.3 is 9.88 Å². The van der Waals surface area contributed by atoms with Gasteiger partial charge in [-0.15, -0.1) is 0 Å². The topological polar surface area (TPSA) is 103 Å². The van der Waals surface area contributed by atoms with Crippen LogP contribution >= 0.6 is 0 Å². The van der Waals surface area contributed by atoms with Gasteiger partial charge in [-0.05, 0) is 48.7 Å². The lowest BCUT2D eigenvalue weighted by molar-refractivity contribution is 0.0682. The summed E-state index contributed by atoms with van der Waals surface area (Å²) in [5.74, 6) is -0.266. The molecule has 8 nitrogen and oxygen atoms in total. The largest absolute Gasteiger partial charge is 0.332 e. The summed E-state index contributed by atoms with van der Waals surface area (Å²) >= 11 is 0. The van der Waals surface area contributed by atoms with Gasteiger partial charge >= 0.3 is 0 Å². The van der Waals surface area contributed by atoms with Crippen LogP contribution < -0.4 is 5.56 Å². The normalized spacial score (nSPS) is 17.1. The minimum absolute atomic E-state index is 0.103. The Morgan fingerprint density at radius 3 is 2.53 bits per heavy atom. The third kappa shape index (κ3) is 4.63. The molecule has 1 aliphatic heterocycles. The Hall–Kier alpha value is -3.04. The minimum Gasteiger partial charge on any atom is -0.332 e. The van der Waals surface area contributed by atoms with Crippen molar-refractivity contribution in [3.63, 3.8) is 0 Å². The molecule has 0 radical (unpaired) electrons. The number of fused-ring (bicyclic) bond motifs is 1. The number of carbonyl (C=O) groups excluding carboxylic acids is 1. The van der Waals surface area contributed by atoms with E-state index in [2.05, 4.69) is 9.97 Å². The molecule has 1 saturated heterocycles. The predicted octanol–water partition coefficient (Wildman–Crippen LogP) is 3.71. The summed E-state index contributed by atoms with van der Waals surface area (Å²) in [5.41, 5.74) is 1.26. The Balaban J connectivity index is 1.83. The molecule has 34 heavy (non-hydrogen) atoms. The molecular weight excluding hydrogens is 452 g/mol. The average molecular weight is 483 g/mol. The van der Waals surface area contributed by atoms with Gasteiger partial charge in [-0.3, -0.25) is 14.6 Å². The van der Waals surface area contributed by atoms with Gasteiger partial charge in [0.2, 0.25) is 15.6 Å². The lowest BCUT2D eigenvalue weighted by Gasteiger charge is -2.31. The van der Waals surface area contributed by atoms with Crippen LogP contribution in [0.5, 0.6) is 0 Å². The maximum absolute atomic E-state index is 13.9. The van der Waals surface area contributed by atoms with Crippen LogP contribution in [0.15, 0.2) is 58.5 Å². The third-order valence-corrected chi connectivity index (χ3v) is 8.54. The Labute approximate surface area is 199 Å². The second kappa shape index (κ2) is 10.1. The molecule has 0 spiro atoms. The highest BCUT2D eigenvalue weighted by atomic mass is 32.2. The minimum atomic E-state index is -3.72. The number of nitrogens with zero attached hydrogens (tertiary/aromatic N) is 3. The molecule has 9 heteroatoms. The Bertz CT molecular complexity index is 1330. The number of benzene rings is 1. The quantitative estimate of drug-likeness (QED) is 0.577. The molecule has 0 saturated carbocycles. The first-order valence-corrected chi connectivity index (χ1v) is 13.2. The number of rotatable bonds is 6. The fourth-order valence-electron chi connectivity index (χ4n) is 4.72. The van der Waals surface area contributed by atoms with Gasteiger partial charge in [0.05, 0.1) is 16.5 Å². The van der Waals surface area contributed by atoms with Crippen molar-refractivity contribution < 1.29 is 13.2 Å². The van der Waals surface area contributed by atoms with Gasteiger partial charge in [-0.1, -0.05) is 26.7 Å². The first-order chi connectivity index (χ1) is 16.4. The molecule has 1 atom stereocenters. The van der Waals surface area contributed by atoms with Crippen LogP contribution in [0.1, 0.15) is 61.5 Å². The second-order valence-corrected chi connectivity index (χ2v) is 10.4. The lowest BCUT2D eigenvalue weighted by Crippen LogP contribution is -2.35. The first-order valence-electron chi connectivity index (χ1n) is 11.7. The van der Waals surface area contributed by atoms with Gasteiger partial charge in [0.1, 0.15) is 0 Å². The van der Waals surface area contributed by atoms with Crippen LogP contribution in [0.4, 0.5) is 0 Å². The highest BCUT2D eigenvalue weighted by Crippen LogP contribution is 2.32. The van der Waals surface area contributed by atoms with Gasteiger partial charge in [-0.2, -0.15) is 4.31 Å². The molecular formula is C25H30N4O4S. The van der Waals surface area contributed by atoms with Gasteiger partial charge in [0.15, 0.2) is 0 Å². The molecule has 1 unspecified atom stereocenters. The van der Waals surface area contributed by atoms with Crippen molar-refractivity contribution in [2.24, 2.45) is 0 Å². The number of nitrogens with one attached hydrogen (secondary N) is 1. The summed E-state index contributed by atoms with van der Waals surface area (Å²) in [6.45, 7) is 4.82. The van der Waals surface area contributed by atoms with Crippen molar-refractivity contribution in [1.82, 2.24) is 19.2 Å². The summed E-state index contributed by atoms with van der Waals surface area (Å²) in [5, 5.41) is 0.426. The van der Waals surface area contributed by atoms with Crippen LogP contribution in [-0.2, 0) is 10.0 Å². The smallest absolute Gasteiger partial charge is 0.255 e. The number of sulfonamides is 1. The molecule has 1 aliphatic rings. The predicted molar refractivity (Wildman–Crippen MR) is 131 cm³/mol. The fourth-order valence-corrected chi connectivity index (χ4v) is 6.21. The van der Waals surface area contributed by atoms with Crippen molar-refractivity contribution in [1.29, 1.82) is 0 Å². The zero-order valence-electron chi connectivity index (χ0n) is 19.5. The van der Waals surface area contributed by atoms with E-state index in [1.54, 1.807) is 32.3 Å². The first kappa shape index (κ1) is 24.1. The number of hydrogen-bond donors (Lipinski definition) is 1. The standard InChI is InChI=1S/C25H30N4O4S/c1-3-28(4-2)34(32,33)19-9-10-22-20(16-19)21(17-24(30)27-22)25(31)29-15-7-5-6-8-23(29)18-11-13-26-14-12-18/h9-14,16-17,23H,3-8,15H2,1-2H3,(H,27,30). The molecule has 4 rings (SSSR count). The SMILES string of the molecule is CCN(CC)S(=O)(=O)c1ccc2[nH]c(=O)cc(C(=O)N3CCCCCC3c3ccncc3)c2c1. The van der Waals surface area contributed by atoms with Crippen molar-refractivity contribution in [3.8, 4) is 0 Å². The van der Waals surface area contributed by atoms with Gasteiger partial charge in [0, 0.05) is 49.0 Å². The van der Waals surface area contributed by atoms with E-state index >= 15 is 0 Å². The molecule has 1 N–H and O–H groups in total. The molecule has 3 aromatic rings. The number of pyridine rings is 2. The Kier molecular flexibility index (Phi) is 7.13. The third-order valence-electron chi connectivity index (χ3n) is 6.49. The van der Waals surface area contributed by atoms with E-state index in [0.29, 0.717) is 30.5 Å². The number of aromatic amines is 1. The van der Waals surface area contributed by atoms with E-state index in [1.165, 1.54) is 22.5 Å². The van der Waals surface area contributed by atoms with Crippen LogP contribution in [0.2, 0.25) is 0 Å². The molecule has 1 aromatic carbocycles. The molecule has 1 amide bonds. The number of hydrogen-bond acceptors (Lipinski definition) is 5. The summed E-state index contributed by atoms with van der Waals surface area (Å²) < 4.78 is 27.6. The van der Waals surface area contributed by atoms with Crippen molar-refractivity contribution >= 4 is 26.8 Å². The Morgan fingerprint density at radius 1 is 1.09 bits per heavy atom. The summed E-state index contributed by atoms with van der Waals surface area (Å²) in [6, 6.07) is 9.54. The molecule has 1 fully saturated rings. The summed E-state index contributed by atoms with van der Waals surface area (Å²) in [4.78, 5) is 35.1. The van der Waals surface area contributed by atoms with Crippen molar-refractivity contribution in [2.45, 2.75) is 50.5 Å². The molecule has 0 aliphatic carbocycles. The maximum Gasteiger partial charge on any atom is 0.255 e. The van der Waals surface area contributed by atoms with Crippen LogP contribution in [0.25, 0.3) is 10.9 Å². The van der Waals surface area contributed by atoms with E-state index in [0.717, 1.165) is 31.2 Å². The molecule has 3 heterocycles. The van der Waals surface area contributed by atoms with Crippen LogP contribution in [-0.4, -0.2) is 53.1 Å². The van der Waals surface area contributed by atoms with E-state index in [-0.39, 0.29) is 22.4 Å². The monoisotopic (exact) mass is 482 g/mol. The highest BCUT2D eigenvalue weighted by Gasteiger charge is 2.30. The van der Waals surface area contributed by atoms with E-state index < -0.39 is 15.6 Å². The molecule has 0 bridgehead atoms. The van der Waals surface area contributed by atoms with Gasteiger partial charge in [0.25, 0.3) is 5.91 Å². The molecule has 2 aromatic heterocycles. The summed E-state index contributed by atoms with van der Waals surface area (Å²) in [7, 11) is -3.72.